The van der Waals surface area contributed by atoms with Gasteiger partial charge in [0.25, 0.3) is 0 Å². The summed E-state index contributed by atoms with van der Waals surface area (Å²) >= 11 is 6.53. The lowest BCUT2D eigenvalue weighted by Crippen LogP contribution is -2.31. The van der Waals surface area contributed by atoms with E-state index in [4.69, 9.17) is 30.8 Å². The third kappa shape index (κ3) is 4.29. The van der Waals surface area contributed by atoms with E-state index in [0.717, 1.165) is 13.1 Å². The summed E-state index contributed by atoms with van der Waals surface area (Å²) in [7, 11) is 0. The summed E-state index contributed by atoms with van der Waals surface area (Å²) in [5, 5.41) is 10.1. The predicted molar refractivity (Wildman–Crippen MR) is 146 cm³/mol. The summed E-state index contributed by atoms with van der Waals surface area (Å²) in [6.45, 7) is 5.07. The van der Waals surface area contributed by atoms with Crippen molar-refractivity contribution in [1.82, 2.24) is 19.5 Å². The Hall–Kier alpha value is -3.08. The van der Waals surface area contributed by atoms with Crippen LogP contribution in [0.5, 0.6) is 0 Å². The molecule has 0 aliphatic carbocycles. The molecule has 0 saturated carbocycles. The number of ether oxygens (including phenoxy) is 3. The van der Waals surface area contributed by atoms with Crippen molar-refractivity contribution in [3.05, 3.63) is 83.4 Å². The summed E-state index contributed by atoms with van der Waals surface area (Å²) < 4.78 is 20.2. The third-order valence-corrected chi connectivity index (χ3v) is 8.20. The van der Waals surface area contributed by atoms with E-state index in [1.54, 1.807) is 6.33 Å². The second-order valence-electron chi connectivity index (χ2n) is 10.9. The first kappa shape index (κ1) is 24.9. The third-order valence-electron chi connectivity index (χ3n) is 8.03. The van der Waals surface area contributed by atoms with Crippen LogP contribution in [0.4, 0.5) is 5.82 Å². The molecule has 9 nitrogen and oxygen atoms in total. The highest BCUT2D eigenvalue weighted by molar-refractivity contribution is 6.28. The molecule has 39 heavy (non-hydrogen) atoms. The number of nitrogens with zero attached hydrogens (tertiary/aromatic N) is 5. The van der Waals surface area contributed by atoms with Crippen molar-refractivity contribution >= 4 is 28.6 Å². The molecule has 0 spiro atoms. The summed E-state index contributed by atoms with van der Waals surface area (Å²) in [5.41, 5.74) is 3.78. The number of hydrogen-bond donors (Lipinski definition) is 1. The van der Waals surface area contributed by atoms with Gasteiger partial charge in [0.15, 0.2) is 29.0 Å². The molecule has 3 aliphatic rings. The zero-order valence-electron chi connectivity index (χ0n) is 21.7. The first-order valence-corrected chi connectivity index (χ1v) is 13.7. The largest absolute Gasteiger partial charge is 0.394 e. The van der Waals surface area contributed by atoms with Crippen LogP contribution in [0.2, 0.25) is 5.28 Å². The molecule has 6 atom stereocenters. The van der Waals surface area contributed by atoms with E-state index in [9.17, 15) is 5.11 Å². The van der Waals surface area contributed by atoms with Crippen LogP contribution in [0.1, 0.15) is 43.0 Å². The van der Waals surface area contributed by atoms with Crippen LogP contribution in [0, 0.1) is 0 Å². The maximum absolute atomic E-state index is 9.94. The Bertz CT molecular complexity index is 1440. The fraction of sp³-hybridized carbons (Fsp3) is 0.414. The maximum atomic E-state index is 9.94. The molecule has 0 amide bonds. The Morgan fingerprint density at radius 2 is 1.54 bits per heavy atom. The van der Waals surface area contributed by atoms with Gasteiger partial charge in [-0.3, -0.25) is 4.57 Å². The minimum absolute atomic E-state index is 0.135. The first-order valence-electron chi connectivity index (χ1n) is 13.3. The molecule has 202 valence electrons. The molecule has 7 rings (SSSR count). The van der Waals surface area contributed by atoms with Crippen LogP contribution in [0.3, 0.4) is 0 Å². The summed E-state index contributed by atoms with van der Waals surface area (Å²) in [6.07, 6.45) is -0.239. The maximum Gasteiger partial charge on any atom is 0.226 e. The van der Waals surface area contributed by atoms with E-state index in [2.05, 4.69) is 63.4 Å². The van der Waals surface area contributed by atoms with E-state index >= 15 is 0 Å². The molecule has 10 heteroatoms. The SMILES string of the molecule is CC1(C)O[C@@H]2[C@H](O1)[C@@H](CO)O[C@H]2n1cnc2c(N3CC(c4ccccc4)C(c4ccccc4)C3)nc(Cl)nc21. The van der Waals surface area contributed by atoms with Gasteiger partial charge in [-0.15, -0.1) is 0 Å². The fourth-order valence-electron chi connectivity index (χ4n) is 6.37. The zero-order valence-corrected chi connectivity index (χ0v) is 22.5. The van der Waals surface area contributed by atoms with Crippen LogP contribution in [0.15, 0.2) is 67.0 Å². The van der Waals surface area contributed by atoms with Crippen LogP contribution in [-0.4, -0.2) is 68.4 Å². The van der Waals surface area contributed by atoms with Crippen LogP contribution in [0.25, 0.3) is 11.2 Å². The summed E-state index contributed by atoms with van der Waals surface area (Å²) in [4.78, 5) is 16.2. The lowest BCUT2D eigenvalue weighted by molar-refractivity contribution is -0.199. The number of benzene rings is 2. The van der Waals surface area contributed by atoms with Crippen molar-refractivity contribution in [2.24, 2.45) is 0 Å². The number of aliphatic hydroxyl groups is 1. The molecule has 3 saturated heterocycles. The van der Waals surface area contributed by atoms with Gasteiger partial charge >= 0.3 is 0 Å². The Kier molecular flexibility index (Phi) is 6.09. The number of hydrogen-bond acceptors (Lipinski definition) is 8. The van der Waals surface area contributed by atoms with Gasteiger partial charge in [0.2, 0.25) is 5.28 Å². The smallest absolute Gasteiger partial charge is 0.226 e. The fourth-order valence-corrected chi connectivity index (χ4v) is 6.53. The van der Waals surface area contributed by atoms with Crippen LogP contribution < -0.4 is 4.90 Å². The lowest BCUT2D eigenvalue weighted by Gasteiger charge is -2.24. The van der Waals surface area contributed by atoms with Crippen LogP contribution in [-0.2, 0) is 14.2 Å². The number of aliphatic hydroxyl groups excluding tert-OH is 1. The molecular formula is C29H30ClN5O4. The number of rotatable bonds is 5. The van der Waals surface area contributed by atoms with Crippen molar-refractivity contribution in [2.45, 2.75) is 56.0 Å². The van der Waals surface area contributed by atoms with Gasteiger partial charge in [0.1, 0.15) is 18.3 Å². The molecular weight excluding hydrogens is 518 g/mol. The molecule has 2 unspecified atom stereocenters. The number of fused-ring (bicyclic) bond motifs is 2. The van der Waals surface area contributed by atoms with Crippen LogP contribution >= 0.6 is 11.6 Å². The zero-order chi connectivity index (χ0) is 26.7. The summed E-state index contributed by atoms with van der Waals surface area (Å²) in [5.74, 6) is 0.457. The van der Waals surface area contributed by atoms with Crippen molar-refractivity contribution in [3.63, 3.8) is 0 Å². The molecule has 4 aromatic rings. The van der Waals surface area contributed by atoms with Gasteiger partial charge in [0.05, 0.1) is 12.9 Å². The van der Waals surface area contributed by atoms with E-state index < -0.39 is 30.3 Å². The molecule has 0 radical (unpaired) electrons. The second kappa shape index (κ2) is 9.53. The highest BCUT2D eigenvalue weighted by Gasteiger charge is 2.56. The first-order chi connectivity index (χ1) is 18.9. The Labute approximate surface area is 231 Å². The summed E-state index contributed by atoms with van der Waals surface area (Å²) in [6, 6.07) is 21.2. The Morgan fingerprint density at radius 3 is 2.15 bits per heavy atom. The van der Waals surface area contributed by atoms with Crippen molar-refractivity contribution in [2.75, 3.05) is 24.6 Å². The van der Waals surface area contributed by atoms with E-state index in [0.29, 0.717) is 17.0 Å². The number of anilines is 1. The second-order valence-corrected chi connectivity index (χ2v) is 11.2. The average Bonchev–Trinajstić information content (AvgIpc) is 3.70. The van der Waals surface area contributed by atoms with Crippen molar-refractivity contribution in [3.8, 4) is 0 Å². The molecule has 2 aromatic carbocycles. The highest BCUT2D eigenvalue weighted by atomic mass is 35.5. The number of imidazole rings is 1. The van der Waals surface area contributed by atoms with Gasteiger partial charge in [-0.1, -0.05) is 60.7 Å². The van der Waals surface area contributed by atoms with E-state index in [1.165, 1.54) is 11.1 Å². The van der Waals surface area contributed by atoms with E-state index in [1.807, 2.05) is 30.5 Å². The van der Waals surface area contributed by atoms with E-state index in [-0.39, 0.29) is 23.7 Å². The normalized spacial score (nSPS) is 29.8. The quantitative estimate of drug-likeness (QED) is 0.370. The standard InChI is InChI=1S/C29H30ClN5O4/c1-29(2)38-23-21(15-36)37-27(24(23)39-29)35-16-31-22-25(32-28(30)33-26(22)35)34-13-19(17-9-5-3-6-10-17)20(14-34)18-11-7-4-8-12-18/h3-12,16,19-21,23-24,27,36H,13-15H2,1-2H3/t19?,20?,21-,23-,24-,27-/m1/s1. The van der Waals surface area contributed by atoms with Crippen molar-refractivity contribution in [1.29, 1.82) is 0 Å². The van der Waals surface area contributed by atoms with Gasteiger partial charge < -0.3 is 24.2 Å². The minimum atomic E-state index is -0.784. The molecule has 0 bridgehead atoms. The lowest BCUT2D eigenvalue weighted by atomic mass is 9.84. The molecule has 1 N–H and O–H groups in total. The average molecular weight is 548 g/mol. The van der Waals surface area contributed by atoms with Crippen molar-refractivity contribution < 1.29 is 19.3 Å². The molecule has 2 aromatic heterocycles. The monoisotopic (exact) mass is 547 g/mol. The molecule has 5 heterocycles. The van der Waals surface area contributed by atoms with Gasteiger partial charge in [-0.25, -0.2) is 4.98 Å². The van der Waals surface area contributed by atoms with Gasteiger partial charge in [-0.2, -0.15) is 9.97 Å². The van der Waals surface area contributed by atoms with Gasteiger partial charge in [-0.05, 0) is 36.6 Å². The van der Waals surface area contributed by atoms with Gasteiger partial charge in [0, 0.05) is 24.9 Å². The Morgan fingerprint density at radius 1 is 0.923 bits per heavy atom. The highest BCUT2D eigenvalue weighted by Crippen LogP contribution is 2.45. The predicted octanol–water partition coefficient (Wildman–Crippen LogP) is 4.28. The number of halogens is 1. The molecule has 3 aliphatic heterocycles. The number of aromatic nitrogens is 4. The molecule has 3 fully saturated rings. The topological polar surface area (TPSA) is 94.8 Å². The Balaban J connectivity index is 1.27. The minimum Gasteiger partial charge on any atom is -0.394 e.